The third-order valence-corrected chi connectivity index (χ3v) is 5.72. The zero-order chi connectivity index (χ0) is 19.6. The lowest BCUT2D eigenvalue weighted by Crippen LogP contribution is -2.35. The molecule has 27 heavy (non-hydrogen) atoms. The largest absolute Gasteiger partial charge is 0.496 e. The van der Waals surface area contributed by atoms with E-state index >= 15 is 0 Å². The Hall–Kier alpha value is -2.41. The summed E-state index contributed by atoms with van der Waals surface area (Å²) in [6, 6.07) is 3.45. The molecule has 144 valence electrons. The molecule has 0 N–H and O–H groups in total. The van der Waals surface area contributed by atoms with E-state index in [0.29, 0.717) is 16.2 Å². The molecule has 2 aliphatic heterocycles. The number of methoxy groups -OCH3 is 2. The average Bonchev–Trinajstić information content (AvgIpc) is 3.29. The van der Waals surface area contributed by atoms with Crippen molar-refractivity contribution in [2.24, 2.45) is 0 Å². The number of ether oxygens (including phenoxy) is 2. The van der Waals surface area contributed by atoms with Crippen LogP contribution in [0.2, 0.25) is 0 Å². The fraction of sp³-hybridized carbons (Fsp3) is 0.400. The molecule has 6 nitrogen and oxygen atoms in total. The van der Waals surface area contributed by atoms with Gasteiger partial charge in [0.25, 0.3) is 11.1 Å². The van der Waals surface area contributed by atoms with Gasteiger partial charge in [-0.05, 0) is 43.7 Å². The molecule has 0 radical (unpaired) electrons. The van der Waals surface area contributed by atoms with Gasteiger partial charge in [0.1, 0.15) is 11.5 Å². The van der Waals surface area contributed by atoms with Crippen LogP contribution >= 0.6 is 11.8 Å². The number of amides is 2. The van der Waals surface area contributed by atoms with Crippen molar-refractivity contribution in [2.45, 2.75) is 25.8 Å². The number of carbonyl (C=O) groups is 2. The second-order valence-electron chi connectivity index (χ2n) is 6.49. The molecular weight excluding hydrogens is 364 g/mol. The Kier molecular flexibility index (Phi) is 5.79. The second-order valence-corrected chi connectivity index (χ2v) is 7.48. The van der Waals surface area contributed by atoms with Gasteiger partial charge >= 0.3 is 0 Å². The summed E-state index contributed by atoms with van der Waals surface area (Å²) in [6.45, 7) is 7.40. The van der Waals surface area contributed by atoms with E-state index < -0.39 is 0 Å². The van der Waals surface area contributed by atoms with Crippen LogP contribution in [0.4, 0.5) is 10.5 Å². The third kappa shape index (κ3) is 3.69. The second kappa shape index (κ2) is 8.08. The molecule has 0 saturated carbocycles. The van der Waals surface area contributed by atoms with E-state index in [2.05, 4.69) is 11.5 Å². The number of hydrogen-bond acceptors (Lipinski definition) is 6. The van der Waals surface area contributed by atoms with E-state index in [9.17, 15) is 9.59 Å². The molecule has 2 saturated heterocycles. The van der Waals surface area contributed by atoms with Crippen LogP contribution in [-0.2, 0) is 4.79 Å². The van der Waals surface area contributed by atoms with Crippen molar-refractivity contribution < 1.29 is 19.1 Å². The van der Waals surface area contributed by atoms with Crippen molar-refractivity contribution in [3.05, 3.63) is 35.3 Å². The van der Waals surface area contributed by atoms with E-state index in [4.69, 9.17) is 9.47 Å². The zero-order valence-corrected chi connectivity index (χ0v) is 16.7. The molecule has 0 spiro atoms. The van der Waals surface area contributed by atoms with Crippen molar-refractivity contribution in [1.29, 1.82) is 0 Å². The molecule has 2 heterocycles. The van der Waals surface area contributed by atoms with Crippen LogP contribution in [0.1, 0.15) is 25.3 Å². The van der Waals surface area contributed by atoms with Gasteiger partial charge in [0.2, 0.25) is 0 Å². The van der Waals surface area contributed by atoms with Crippen LogP contribution in [0.25, 0.3) is 6.08 Å². The van der Waals surface area contributed by atoms with Gasteiger partial charge in [-0.3, -0.25) is 14.5 Å². The standard InChI is InChI=1S/C20H24N2O4S/c1-5-13(2)22-19(23)18(27-20(22)24)11-14-10-17(26-4)15(12-16(14)25-3)21-8-6-7-9-21/h5,10-13H,1,6-9H2,2-4H3/b18-11-. The minimum atomic E-state index is -0.350. The van der Waals surface area contributed by atoms with Gasteiger partial charge in [-0.2, -0.15) is 0 Å². The SMILES string of the molecule is C=CC(C)N1C(=O)S/C(=C\c2cc(OC)c(N3CCCC3)cc2OC)C1=O. The first-order valence-corrected chi connectivity index (χ1v) is 9.72. The van der Waals surface area contributed by atoms with Crippen LogP contribution in [-0.4, -0.2) is 49.4 Å². The first-order chi connectivity index (χ1) is 13.0. The van der Waals surface area contributed by atoms with E-state index in [1.807, 2.05) is 12.1 Å². The topological polar surface area (TPSA) is 59.1 Å². The highest BCUT2D eigenvalue weighted by Crippen LogP contribution is 2.40. The van der Waals surface area contributed by atoms with Crippen molar-refractivity contribution in [3.8, 4) is 11.5 Å². The van der Waals surface area contributed by atoms with Gasteiger partial charge in [0.15, 0.2) is 0 Å². The number of benzene rings is 1. The lowest BCUT2D eigenvalue weighted by molar-refractivity contribution is -0.123. The molecule has 0 bridgehead atoms. The Balaban J connectivity index is 1.99. The summed E-state index contributed by atoms with van der Waals surface area (Å²) in [5.74, 6) is 1.05. The smallest absolute Gasteiger partial charge is 0.294 e. The maximum atomic E-state index is 12.6. The number of anilines is 1. The van der Waals surface area contributed by atoms with E-state index in [0.717, 1.165) is 49.1 Å². The Bertz CT molecular complexity index is 799. The molecule has 3 rings (SSSR count). The van der Waals surface area contributed by atoms with Crippen molar-refractivity contribution in [1.82, 2.24) is 4.90 Å². The number of rotatable bonds is 6. The quantitative estimate of drug-likeness (QED) is 0.544. The van der Waals surface area contributed by atoms with Gasteiger partial charge in [-0.15, -0.1) is 6.58 Å². The molecular formula is C20H24N2O4S. The molecule has 1 aromatic carbocycles. The van der Waals surface area contributed by atoms with Crippen LogP contribution in [0.3, 0.4) is 0 Å². The summed E-state index contributed by atoms with van der Waals surface area (Å²) in [7, 11) is 3.23. The van der Waals surface area contributed by atoms with Crippen molar-refractivity contribution in [2.75, 3.05) is 32.2 Å². The summed E-state index contributed by atoms with van der Waals surface area (Å²) >= 11 is 0.926. The summed E-state index contributed by atoms with van der Waals surface area (Å²) in [5, 5.41) is -0.293. The molecule has 1 aromatic rings. The Morgan fingerprint density at radius 3 is 2.41 bits per heavy atom. The summed E-state index contributed by atoms with van der Waals surface area (Å²) in [6.07, 6.45) is 5.58. The van der Waals surface area contributed by atoms with Gasteiger partial charge in [0, 0.05) is 24.7 Å². The number of thioether (sulfide) groups is 1. The fourth-order valence-corrected chi connectivity index (χ4v) is 4.21. The molecule has 7 heteroatoms. The minimum absolute atomic E-state index is 0.293. The van der Waals surface area contributed by atoms with Gasteiger partial charge < -0.3 is 14.4 Å². The van der Waals surface area contributed by atoms with E-state index in [-0.39, 0.29) is 17.2 Å². The first-order valence-electron chi connectivity index (χ1n) is 8.90. The summed E-state index contributed by atoms with van der Waals surface area (Å²) in [5.41, 5.74) is 1.69. The highest BCUT2D eigenvalue weighted by Gasteiger charge is 2.37. The molecule has 0 aliphatic carbocycles. The number of carbonyl (C=O) groups excluding carboxylic acids is 2. The van der Waals surface area contributed by atoms with Crippen molar-refractivity contribution >= 4 is 34.7 Å². The van der Waals surface area contributed by atoms with Gasteiger partial charge in [-0.1, -0.05) is 6.08 Å². The molecule has 0 aromatic heterocycles. The first kappa shape index (κ1) is 19.4. The summed E-state index contributed by atoms with van der Waals surface area (Å²) in [4.78, 5) is 28.7. The predicted octanol–water partition coefficient (Wildman–Crippen LogP) is 3.91. The van der Waals surface area contributed by atoms with Crippen molar-refractivity contribution in [3.63, 3.8) is 0 Å². The average molecular weight is 388 g/mol. The molecule has 1 unspecified atom stereocenters. The molecule has 2 fully saturated rings. The Labute approximate surface area is 163 Å². The van der Waals surface area contributed by atoms with Gasteiger partial charge in [0.05, 0.1) is 30.9 Å². The van der Waals surface area contributed by atoms with E-state index in [1.165, 1.54) is 4.90 Å². The minimum Gasteiger partial charge on any atom is -0.496 e. The van der Waals surface area contributed by atoms with E-state index in [1.54, 1.807) is 33.3 Å². The normalized spacial score (nSPS) is 19.7. The lowest BCUT2D eigenvalue weighted by atomic mass is 10.1. The van der Waals surface area contributed by atoms with Crippen LogP contribution in [0, 0.1) is 0 Å². The maximum absolute atomic E-state index is 12.6. The highest BCUT2D eigenvalue weighted by molar-refractivity contribution is 8.18. The number of hydrogen-bond donors (Lipinski definition) is 0. The maximum Gasteiger partial charge on any atom is 0.294 e. The molecule has 2 amide bonds. The van der Waals surface area contributed by atoms with Crippen LogP contribution in [0.15, 0.2) is 29.7 Å². The predicted molar refractivity (Wildman–Crippen MR) is 108 cm³/mol. The molecule has 1 atom stereocenters. The van der Waals surface area contributed by atoms with Gasteiger partial charge in [-0.25, -0.2) is 0 Å². The monoisotopic (exact) mass is 388 g/mol. The molecule has 2 aliphatic rings. The third-order valence-electron chi connectivity index (χ3n) is 4.84. The summed E-state index contributed by atoms with van der Waals surface area (Å²) < 4.78 is 11.1. The Morgan fingerprint density at radius 2 is 1.81 bits per heavy atom. The zero-order valence-electron chi connectivity index (χ0n) is 15.9. The highest BCUT2D eigenvalue weighted by atomic mass is 32.2. The van der Waals surface area contributed by atoms with Crippen LogP contribution < -0.4 is 14.4 Å². The van der Waals surface area contributed by atoms with Crippen LogP contribution in [0.5, 0.6) is 11.5 Å². The lowest BCUT2D eigenvalue weighted by Gasteiger charge is -2.22. The Morgan fingerprint density at radius 1 is 1.15 bits per heavy atom. The number of nitrogens with zero attached hydrogens (tertiary/aromatic N) is 2. The fourth-order valence-electron chi connectivity index (χ4n) is 3.30. The number of imide groups is 1.